The SMILES string of the molecule is C#C[C@@](C)(O)[C@](C)(CO)c1ccccc1. The number of benzene rings is 1. The first kappa shape index (κ1) is 11.8. The second-order valence-corrected chi connectivity index (χ2v) is 4.07. The Bertz CT molecular complexity index is 362. The molecule has 2 heteroatoms. The lowest BCUT2D eigenvalue weighted by Crippen LogP contribution is -2.49. The zero-order chi connectivity index (χ0) is 11.5. The highest BCUT2D eigenvalue weighted by Crippen LogP contribution is 2.34. The molecule has 0 aliphatic carbocycles. The first-order chi connectivity index (χ1) is 6.98. The molecule has 0 saturated heterocycles. The summed E-state index contributed by atoms with van der Waals surface area (Å²) < 4.78 is 0. The third-order valence-electron chi connectivity index (χ3n) is 3.08. The molecule has 0 spiro atoms. The lowest BCUT2D eigenvalue weighted by atomic mass is 9.70. The van der Waals surface area contributed by atoms with Crippen molar-refractivity contribution in [3.05, 3.63) is 35.9 Å². The minimum atomic E-state index is -1.37. The van der Waals surface area contributed by atoms with Gasteiger partial charge in [-0.15, -0.1) is 6.42 Å². The van der Waals surface area contributed by atoms with Crippen LogP contribution in [0.5, 0.6) is 0 Å². The van der Waals surface area contributed by atoms with Crippen LogP contribution in [-0.2, 0) is 5.41 Å². The number of hydrogen-bond donors (Lipinski definition) is 2. The van der Waals surface area contributed by atoms with E-state index >= 15 is 0 Å². The van der Waals surface area contributed by atoms with E-state index in [1.807, 2.05) is 30.3 Å². The molecule has 1 rings (SSSR count). The zero-order valence-electron chi connectivity index (χ0n) is 9.07. The molecular weight excluding hydrogens is 188 g/mol. The van der Waals surface area contributed by atoms with Crippen LogP contribution in [0.15, 0.2) is 30.3 Å². The largest absolute Gasteiger partial charge is 0.395 e. The molecule has 0 aromatic heterocycles. The summed E-state index contributed by atoms with van der Waals surface area (Å²) in [5, 5.41) is 19.5. The van der Waals surface area contributed by atoms with E-state index < -0.39 is 11.0 Å². The van der Waals surface area contributed by atoms with Gasteiger partial charge < -0.3 is 10.2 Å². The van der Waals surface area contributed by atoms with E-state index in [0.717, 1.165) is 5.56 Å². The number of rotatable bonds is 3. The summed E-state index contributed by atoms with van der Waals surface area (Å²) in [4.78, 5) is 0. The third-order valence-corrected chi connectivity index (χ3v) is 3.08. The maximum absolute atomic E-state index is 10.1. The fourth-order valence-electron chi connectivity index (χ4n) is 1.49. The van der Waals surface area contributed by atoms with Gasteiger partial charge in [0.1, 0.15) is 5.60 Å². The van der Waals surface area contributed by atoms with Gasteiger partial charge in [0, 0.05) is 0 Å². The van der Waals surface area contributed by atoms with Gasteiger partial charge in [-0.3, -0.25) is 0 Å². The smallest absolute Gasteiger partial charge is 0.133 e. The van der Waals surface area contributed by atoms with Gasteiger partial charge in [-0.1, -0.05) is 36.3 Å². The lowest BCUT2D eigenvalue weighted by Gasteiger charge is -2.38. The first-order valence-electron chi connectivity index (χ1n) is 4.84. The highest BCUT2D eigenvalue weighted by atomic mass is 16.3. The van der Waals surface area contributed by atoms with Crippen LogP contribution in [0.25, 0.3) is 0 Å². The van der Waals surface area contributed by atoms with E-state index in [-0.39, 0.29) is 6.61 Å². The summed E-state index contributed by atoms with van der Waals surface area (Å²) in [6.45, 7) is 3.09. The lowest BCUT2D eigenvalue weighted by molar-refractivity contribution is 0.00653. The molecule has 0 saturated carbocycles. The molecule has 0 bridgehead atoms. The molecule has 0 radical (unpaired) electrons. The van der Waals surface area contributed by atoms with Crippen molar-refractivity contribution >= 4 is 0 Å². The topological polar surface area (TPSA) is 40.5 Å². The van der Waals surface area contributed by atoms with Crippen molar-refractivity contribution in [3.63, 3.8) is 0 Å². The molecule has 2 atom stereocenters. The van der Waals surface area contributed by atoms with Crippen molar-refractivity contribution < 1.29 is 10.2 Å². The average molecular weight is 204 g/mol. The van der Waals surface area contributed by atoms with Crippen LogP contribution in [0, 0.1) is 12.3 Å². The Labute approximate surface area is 90.6 Å². The summed E-state index contributed by atoms with van der Waals surface area (Å²) >= 11 is 0. The molecule has 2 nitrogen and oxygen atoms in total. The summed E-state index contributed by atoms with van der Waals surface area (Å²) in [6.07, 6.45) is 5.29. The van der Waals surface area contributed by atoms with Gasteiger partial charge in [-0.2, -0.15) is 0 Å². The van der Waals surface area contributed by atoms with Crippen LogP contribution >= 0.6 is 0 Å². The standard InChI is InChI=1S/C13H16O2/c1-4-13(3,15)12(2,10-14)11-8-6-5-7-9-11/h1,5-9,14-15H,10H2,2-3H3/t12-,13-/m1/s1. The molecule has 15 heavy (non-hydrogen) atoms. The number of hydrogen-bond acceptors (Lipinski definition) is 2. The van der Waals surface area contributed by atoms with Crippen molar-refractivity contribution in [2.75, 3.05) is 6.61 Å². The Morgan fingerprint density at radius 3 is 2.20 bits per heavy atom. The molecular formula is C13H16O2. The molecule has 0 heterocycles. The van der Waals surface area contributed by atoms with E-state index in [1.54, 1.807) is 6.92 Å². The fourth-order valence-corrected chi connectivity index (χ4v) is 1.49. The number of terminal acetylenes is 1. The van der Waals surface area contributed by atoms with Gasteiger partial charge in [-0.25, -0.2) is 0 Å². The molecule has 0 fully saturated rings. The maximum Gasteiger partial charge on any atom is 0.133 e. The van der Waals surface area contributed by atoms with Crippen molar-refractivity contribution in [1.82, 2.24) is 0 Å². The van der Waals surface area contributed by atoms with Crippen LogP contribution in [0.1, 0.15) is 19.4 Å². The van der Waals surface area contributed by atoms with Gasteiger partial charge >= 0.3 is 0 Å². The van der Waals surface area contributed by atoms with Crippen LogP contribution in [0.4, 0.5) is 0 Å². The maximum atomic E-state index is 10.1. The third kappa shape index (κ3) is 1.90. The van der Waals surface area contributed by atoms with Gasteiger partial charge in [0.05, 0.1) is 12.0 Å². The summed E-state index contributed by atoms with van der Waals surface area (Å²) in [5.74, 6) is 2.33. The molecule has 2 N–H and O–H groups in total. The molecule has 80 valence electrons. The number of aliphatic hydroxyl groups is 2. The summed E-state index contributed by atoms with van der Waals surface area (Å²) in [6, 6.07) is 9.29. The van der Waals surface area contributed by atoms with E-state index in [2.05, 4.69) is 5.92 Å². The van der Waals surface area contributed by atoms with Crippen LogP contribution in [0.3, 0.4) is 0 Å². The average Bonchev–Trinajstić information content (AvgIpc) is 2.29. The van der Waals surface area contributed by atoms with E-state index in [0.29, 0.717) is 0 Å². The van der Waals surface area contributed by atoms with Crippen molar-refractivity contribution in [1.29, 1.82) is 0 Å². The minimum Gasteiger partial charge on any atom is -0.395 e. The van der Waals surface area contributed by atoms with Gasteiger partial charge in [0.2, 0.25) is 0 Å². The van der Waals surface area contributed by atoms with Gasteiger partial charge in [0.25, 0.3) is 0 Å². The highest BCUT2D eigenvalue weighted by molar-refractivity contribution is 5.33. The highest BCUT2D eigenvalue weighted by Gasteiger charge is 2.42. The predicted molar refractivity (Wildman–Crippen MR) is 60.3 cm³/mol. The quantitative estimate of drug-likeness (QED) is 0.729. The Morgan fingerprint density at radius 1 is 1.27 bits per heavy atom. The second-order valence-electron chi connectivity index (χ2n) is 4.07. The molecule has 1 aromatic rings. The summed E-state index contributed by atoms with van der Waals surface area (Å²) in [7, 11) is 0. The molecule has 0 unspecified atom stereocenters. The van der Waals surface area contributed by atoms with Gasteiger partial charge in [0.15, 0.2) is 0 Å². The Morgan fingerprint density at radius 2 is 1.80 bits per heavy atom. The van der Waals surface area contributed by atoms with E-state index in [4.69, 9.17) is 6.42 Å². The van der Waals surface area contributed by atoms with Gasteiger partial charge in [-0.05, 0) is 19.4 Å². The normalized spacial score (nSPS) is 18.6. The Hall–Kier alpha value is -1.30. The molecule has 0 amide bonds. The van der Waals surface area contributed by atoms with Crippen molar-refractivity contribution in [3.8, 4) is 12.3 Å². The van der Waals surface area contributed by atoms with Crippen LogP contribution in [0.2, 0.25) is 0 Å². The fraction of sp³-hybridized carbons (Fsp3) is 0.385. The summed E-state index contributed by atoms with van der Waals surface area (Å²) in [5.41, 5.74) is -1.39. The van der Waals surface area contributed by atoms with E-state index in [9.17, 15) is 10.2 Å². The predicted octanol–water partition coefficient (Wildman–Crippen LogP) is 1.32. The molecule has 1 aromatic carbocycles. The van der Waals surface area contributed by atoms with Crippen LogP contribution < -0.4 is 0 Å². The monoisotopic (exact) mass is 204 g/mol. The van der Waals surface area contributed by atoms with Crippen molar-refractivity contribution in [2.45, 2.75) is 24.9 Å². The molecule has 0 aliphatic heterocycles. The number of aliphatic hydroxyl groups excluding tert-OH is 1. The minimum absolute atomic E-state index is 0.200. The zero-order valence-corrected chi connectivity index (χ0v) is 9.07. The van der Waals surface area contributed by atoms with Crippen molar-refractivity contribution in [2.24, 2.45) is 0 Å². The van der Waals surface area contributed by atoms with Crippen LogP contribution in [-0.4, -0.2) is 22.4 Å². The Kier molecular flexibility index (Phi) is 3.18. The Balaban J connectivity index is 3.24. The first-order valence-corrected chi connectivity index (χ1v) is 4.84. The second kappa shape index (κ2) is 4.06. The molecule has 0 aliphatic rings. The van der Waals surface area contributed by atoms with E-state index in [1.165, 1.54) is 6.92 Å².